The number of methoxy groups -OCH3 is 1. The smallest absolute Gasteiger partial charge is 0.340 e. The Kier molecular flexibility index (Phi) is 5.64. The van der Waals surface area contributed by atoms with Crippen LogP contribution in [0.25, 0.3) is 0 Å². The lowest BCUT2D eigenvalue weighted by atomic mass is 10.0. The number of rotatable bonds is 6. The highest BCUT2D eigenvalue weighted by molar-refractivity contribution is 5.89. The van der Waals surface area contributed by atoms with E-state index in [-0.39, 0.29) is 18.0 Å². The lowest BCUT2D eigenvalue weighted by Gasteiger charge is -2.19. The third kappa shape index (κ3) is 4.03. The molecule has 0 aliphatic rings. The minimum atomic E-state index is -0.723. The predicted octanol–water partition coefficient (Wildman–Crippen LogP) is 1.21. The van der Waals surface area contributed by atoms with Crippen LogP contribution >= 0.6 is 0 Å². The third-order valence-electron chi connectivity index (χ3n) is 2.94. The van der Waals surface area contributed by atoms with Crippen LogP contribution in [0.3, 0.4) is 0 Å². The summed E-state index contributed by atoms with van der Waals surface area (Å²) in [6, 6.07) is 3.70. The summed E-state index contributed by atoms with van der Waals surface area (Å²) < 4.78 is 18.2. The number of nitrogens with one attached hydrogen (secondary N) is 1. The summed E-state index contributed by atoms with van der Waals surface area (Å²) in [5.74, 6) is -1.80. The van der Waals surface area contributed by atoms with Crippen molar-refractivity contribution >= 4 is 11.9 Å². The number of esters is 1. The van der Waals surface area contributed by atoms with Gasteiger partial charge in [0, 0.05) is 6.54 Å². The number of nitrogens with two attached hydrogens (primary N) is 1. The molecular weight excluding hydrogens is 263 g/mol. The molecule has 0 saturated heterocycles. The van der Waals surface area contributed by atoms with E-state index >= 15 is 0 Å². The second kappa shape index (κ2) is 7.00. The molecule has 0 spiro atoms. The van der Waals surface area contributed by atoms with E-state index in [1.165, 1.54) is 19.2 Å². The number of halogens is 1. The molecule has 0 aliphatic heterocycles. The third-order valence-corrected chi connectivity index (χ3v) is 2.94. The van der Waals surface area contributed by atoms with Gasteiger partial charge in [0.05, 0.1) is 18.7 Å². The van der Waals surface area contributed by atoms with E-state index < -0.39 is 23.7 Å². The van der Waals surface area contributed by atoms with E-state index in [4.69, 9.17) is 5.73 Å². The van der Waals surface area contributed by atoms with Gasteiger partial charge in [0.2, 0.25) is 5.91 Å². The molecule has 3 N–H and O–H groups in total. The standard InChI is InChI=1S/C14H19FN2O3/c1-8(2)12(13(16)18)17-7-9-4-5-10(11(15)6-9)14(19)20-3/h4-6,8,12,17H,7H2,1-3H3,(H2,16,18). The molecule has 1 aromatic carbocycles. The van der Waals surface area contributed by atoms with Crippen LogP contribution in [0.4, 0.5) is 4.39 Å². The van der Waals surface area contributed by atoms with E-state index in [2.05, 4.69) is 10.1 Å². The van der Waals surface area contributed by atoms with Crippen LogP contribution in [0.1, 0.15) is 29.8 Å². The van der Waals surface area contributed by atoms with Gasteiger partial charge in [0.15, 0.2) is 0 Å². The second-order valence-electron chi connectivity index (χ2n) is 4.81. The number of carbonyl (C=O) groups excluding carboxylic acids is 2. The maximum Gasteiger partial charge on any atom is 0.340 e. The van der Waals surface area contributed by atoms with Crippen molar-refractivity contribution in [3.63, 3.8) is 0 Å². The quantitative estimate of drug-likeness (QED) is 0.768. The molecule has 0 saturated carbocycles. The van der Waals surface area contributed by atoms with Gasteiger partial charge in [0.25, 0.3) is 0 Å². The van der Waals surface area contributed by atoms with Gasteiger partial charge >= 0.3 is 5.97 Å². The van der Waals surface area contributed by atoms with Crippen LogP contribution in [0.2, 0.25) is 0 Å². The molecule has 20 heavy (non-hydrogen) atoms. The van der Waals surface area contributed by atoms with Crippen LogP contribution in [0.15, 0.2) is 18.2 Å². The number of primary amides is 1. The molecular formula is C14H19FN2O3. The van der Waals surface area contributed by atoms with E-state index in [9.17, 15) is 14.0 Å². The summed E-state index contributed by atoms with van der Waals surface area (Å²) in [5, 5.41) is 2.97. The Bertz CT molecular complexity index is 503. The molecule has 1 unspecified atom stereocenters. The molecule has 0 heterocycles. The molecule has 0 aliphatic carbocycles. The first-order chi connectivity index (χ1) is 9.36. The first-order valence-electron chi connectivity index (χ1n) is 6.26. The Morgan fingerprint density at radius 2 is 2.05 bits per heavy atom. The highest BCUT2D eigenvalue weighted by Gasteiger charge is 2.19. The first-order valence-corrected chi connectivity index (χ1v) is 6.26. The van der Waals surface area contributed by atoms with Gasteiger partial charge in [-0.2, -0.15) is 0 Å². The highest BCUT2D eigenvalue weighted by atomic mass is 19.1. The van der Waals surface area contributed by atoms with Gasteiger partial charge in [-0.15, -0.1) is 0 Å². The van der Waals surface area contributed by atoms with E-state index in [1.54, 1.807) is 6.07 Å². The first kappa shape index (κ1) is 16.1. The van der Waals surface area contributed by atoms with Crippen molar-refractivity contribution in [2.24, 2.45) is 11.7 Å². The zero-order valence-corrected chi connectivity index (χ0v) is 11.8. The van der Waals surface area contributed by atoms with Crippen LogP contribution in [-0.2, 0) is 16.1 Å². The van der Waals surface area contributed by atoms with Crippen LogP contribution in [0.5, 0.6) is 0 Å². The fraction of sp³-hybridized carbons (Fsp3) is 0.429. The van der Waals surface area contributed by atoms with Crippen molar-refractivity contribution in [3.05, 3.63) is 35.1 Å². The number of hydrogen-bond acceptors (Lipinski definition) is 4. The summed E-state index contributed by atoms with van der Waals surface area (Å²) in [6.45, 7) is 4.01. The van der Waals surface area contributed by atoms with Crippen molar-refractivity contribution in [1.29, 1.82) is 0 Å². The molecule has 0 radical (unpaired) electrons. The van der Waals surface area contributed by atoms with Crippen molar-refractivity contribution in [2.75, 3.05) is 7.11 Å². The van der Waals surface area contributed by atoms with Gasteiger partial charge < -0.3 is 15.8 Å². The van der Waals surface area contributed by atoms with Crippen molar-refractivity contribution in [3.8, 4) is 0 Å². The number of amides is 1. The Balaban J connectivity index is 2.77. The Labute approximate surface area is 117 Å². The highest BCUT2D eigenvalue weighted by Crippen LogP contribution is 2.12. The molecule has 0 bridgehead atoms. The molecule has 6 heteroatoms. The van der Waals surface area contributed by atoms with Crippen LogP contribution < -0.4 is 11.1 Å². The van der Waals surface area contributed by atoms with Gasteiger partial charge in [-0.05, 0) is 23.6 Å². The van der Waals surface area contributed by atoms with Gasteiger partial charge in [0.1, 0.15) is 5.82 Å². The zero-order valence-electron chi connectivity index (χ0n) is 11.8. The molecule has 0 aromatic heterocycles. The molecule has 110 valence electrons. The van der Waals surface area contributed by atoms with Gasteiger partial charge in [-0.3, -0.25) is 4.79 Å². The number of ether oxygens (including phenoxy) is 1. The Morgan fingerprint density at radius 1 is 1.40 bits per heavy atom. The number of carbonyl (C=O) groups is 2. The average molecular weight is 282 g/mol. The maximum atomic E-state index is 13.7. The summed E-state index contributed by atoms with van der Waals surface area (Å²) in [7, 11) is 1.19. The Morgan fingerprint density at radius 3 is 2.50 bits per heavy atom. The maximum absolute atomic E-state index is 13.7. The molecule has 1 atom stereocenters. The second-order valence-corrected chi connectivity index (χ2v) is 4.81. The molecule has 5 nitrogen and oxygen atoms in total. The average Bonchev–Trinajstić information content (AvgIpc) is 2.37. The summed E-state index contributed by atoms with van der Waals surface area (Å²) in [5.41, 5.74) is 5.77. The fourth-order valence-electron chi connectivity index (χ4n) is 1.84. The van der Waals surface area contributed by atoms with Crippen molar-refractivity contribution in [2.45, 2.75) is 26.4 Å². The topological polar surface area (TPSA) is 81.4 Å². The molecule has 0 fully saturated rings. The minimum Gasteiger partial charge on any atom is -0.465 e. The largest absolute Gasteiger partial charge is 0.465 e. The van der Waals surface area contributed by atoms with Crippen LogP contribution in [0, 0.1) is 11.7 Å². The van der Waals surface area contributed by atoms with E-state index in [1.807, 2.05) is 13.8 Å². The monoisotopic (exact) mass is 282 g/mol. The minimum absolute atomic E-state index is 0.0340. The van der Waals surface area contributed by atoms with Gasteiger partial charge in [-0.25, -0.2) is 9.18 Å². The summed E-state index contributed by atoms with van der Waals surface area (Å²) >= 11 is 0. The predicted molar refractivity (Wildman–Crippen MR) is 72.4 cm³/mol. The normalized spacial score (nSPS) is 12.2. The number of hydrogen-bond donors (Lipinski definition) is 2. The molecule has 1 aromatic rings. The van der Waals surface area contributed by atoms with Crippen molar-refractivity contribution in [1.82, 2.24) is 5.32 Å². The van der Waals surface area contributed by atoms with E-state index in [0.29, 0.717) is 5.56 Å². The Hall–Kier alpha value is -1.95. The van der Waals surface area contributed by atoms with E-state index in [0.717, 1.165) is 0 Å². The lowest BCUT2D eigenvalue weighted by Crippen LogP contribution is -2.44. The molecule has 1 amide bonds. The SMILES string of the molecule is COC(=O)c1ccc(CNC(C(N)=O)C(C)C)cc1F. The molecule has 1 rings (SSSR count). The fourth-order valence-corrected chi connectivity index (χ4v) is 1.84. The zero-order chi connectivity index (χ0) is 15.3. The van der Waals surface area contributed by atoms with Crippen LogP contribution in [-0.4, -0.2) is 25.0 Å². The lowest BCUT2D eigenvalue weighted by molar-refractivity contribution is -0.121. The van der Waals surface area contributed by atoms with Gasteiger partial charge in [-0.1, -0.05) is 19.9 Å². The number of benzene rings is 1. The van der Waals surface area contributed by atoms with Crippen molar-refractivity contribution < 1.29 is 18.7 Å². The summed E-state index contributed by atoms with van der Waals surface area (Å²) in [6.07, 6.45) is 0. The summed E-state index contributed by atoms with van der Waals surface area (Å²) in [4.78, 5) is 22.5.